The third kappa shape index (κ3) is 3.03. The molecule has 0 amide bonds. The number of aromatic nitrogens is 1. The molecule has 0 spiro atoms. The predicted octanol–water partition coefficient (Wildman–Crippen LogP) is 3.32. The lowest BCUT2D eigenvalue weighted by Gasteiger charge is -2.07. The predicted molar refractivity (Wildman–Crippen MR) is 67.5 cm³/mol. The van der Waals surface area contributed by atoms with E-state index in [0.29, 0.717) is 12.4 Å². The second-order valence-corrected chi connectivity index (χ2v) is 4.04. The van der Waals surface area contributed by atoms with Crippen molar-refractivity contribution in [2.24, 2.45) is 0 Å². The summed E-state index contributed by atoms with van der Waals surface area (Å²) in [4.78, 5) is 4.25. The second-order valence-electron chi connectivity index (χ2n) is 4.04. The van der Waals surface area contributed by atoms with Gasteiger partial charge in [0.2, 0.25) is 0 Å². The van der Waals surface area contributed by atoms with Crippen LogP contribution in [0.4, 0.5) is 14.6 Å². The Balaban J connectivity index is 1.97. The van der Waals surface area contributed by atoms with E-state index in [2.05, 4.69) is 10.3 Å². The fourth-order valence-corrected chi connectivity index (χ4v) is 1.73. The Kier molecular flexibility index (Phi) is 3.87. The van der Waals surface area contributed by atoms with Gasteiger partial charge in [0.25, 0.3) is 0 Å². The van der Waals surface area contributed by atoms with E-state index in [4.69, 9.17) is 0 Å². The molecular formula is C14H14F2N2. The van der Waals surface area contributed by atoms with Gasteiger partial charge >= 0.3 is 0 Å². The van der Waals surface area contributed by atoms with Gasteiger partial charge in [-0.2, -0.15) is 0 Å². The van der Waals surface area contributed by atoms with Crippen LogP contribution in [0.1, 0.15) is 11.3 Å². The number of pyridine rings is 1. The van der Waals surface area contributed by atoms with E-state index in [-0.39, 0.29) is 12.0 Å². The van der Waals surface area contributed by atoms with Gasteiger partial charge in [-0.25, -0.2) is 13.8 Å². The molecule has 0 bridgehead atoms. The van der Waals surface area contributed by atoms with E-state index in [0.717, 1.165) is 5.69 Å². The average molecular weight is 248 g/mol. The SMILES string of the molecule is Cc1cccc(NCCc2c(F)cccc2F)n1. The number of anilines is 1. The molecule has 0 saturated carbocycles. The van der Waals surface area contributed by atoms with Crippen LogP contribution in [-0.4, -0.2) is 11.5 Å². The van der Waals surface area contributed by atoms with Gasteiger partial charge < -0.3 is 5.32 Å². The Morgan fingerprint density at radius 2 is 1.72 bits per heavy atom. The Morgan fingerprint density at radius 3 is 2.39 bits per heavy atom. The summed E-state index contributed by atoms with van der Waals surface area (Å²) in [5, 5.41) is 3.04. The van der Waals surface area contributed by atoms with Crippen molar-refractivity contribution >= 4 is 5.82 Å². The summed E-state index contributed by atoms with van der Waals surface area (Å²) < 4.78 is 26.7. The molecule has 0 unspecified atom stereocenters. The Labute approximate surface area is 105 Å². The third-order valence-electron chi connectivity index (χ3n) is 2.63. The number of nitrogens with one attached hydrogen (secondary N) is 1. The Hall–Kier alpha value is -1.97. The minimum absolute atomic E-state index is 0.109. The van der Waals surface area contributed by atoms with Crippen LogP contribution in [0.2, 0.25) is 0 Å². The van der Waals surface area contributed by atoms with E-state index in [1.165, 1.54) is 18.2 Å². The molecule has 2 nitrogen and oxygen atoms in total. The van der Waals surface area contributed by atoms with Crippen LogP contribution in [0, 0.1) is 18.6 Å². The zero-order valence-corrected chi connectivity index (χ0v) is 10.1. The summed E-state index contributed by atoms with van der Waals surface area (Å²) in [7, 11) is 0. The van der Waals surface area contributed by atoms with E-state index < -0.39 is 11.6 Å². The van der Waals surface area contributed by atoms with Crippen molar-refractivity contribution in [3.63, 3.8) is 0 Å². The average Bonchev–Trinajstić information content (AvgIpc) is 2.33. The van der Waals surface area contributed by atoms with Crippen LogP contribution in [0.15, 0.2) is 36.4 Å². The number of benzene rings is 1. The molecule has 0 radical (unpaired) electrons. The van der Waals surface area contributed by atoms with Crippen molar-refractivity contribution in [3.05, 3.63) is 59.3 Å². The number of rotatable bonds is 4. The number of aryl methyl sites for hydroxylation is 1. The normalized spacial score (nSPS) is 10.4. The van der Waals surface area contributed by atoms with E-state index in [9.17, 15) is 8.78 Å². The van der Waals surface area contributed by atoms with Crippen molar-refractivity contribution in [2.45, 2.75) is 13.3 Å². The highest BCUT2D eigenvalue weighted by atomic mass is 19.1. The maximum atomic E-state index is 13.4. The fourth-order valence-electron chi connectivity index (χ4n) is 1.73. The molecule has 0 fully saturated rings. The molecule has 1 N–H and O–H groups in total. The Bertz CT molecular complexity index is 521. The van der Waals surface area contributed by atoms with Gasteiger partial charge in [0, 0.05) is 17.8 Å². The molecule has 4 heteroatoms. The lowest BCUT2D eigenvalue weighted by atomic mass is 10.1. The summed E-state index contributed by atoms with van der Waals surface area (Å²) >= 11 is 0. The molecule has 0 aliphatic carbocycles. The van der Waals surface area contributed by atoms with Crippen molar-refractivity contribution in [3.8, 4) is 0 Å². The van der Waals surface area contributed by atoms with Gasteiger partial charge in [-0.05, 0) is 37.6 Å². The van der Waals surface area contributed by atoms with Crippen LogP contribution in [0.3, 0.4) is 0 Å². The quantitative estimate of drug-likeness (QED) is 0.897. The van der Waals surface area contributed by atoms with E-state index in [1.54, 1.807) is 0 Å². The van der Waals surface area contributed by atoms with Crippen molar-refractivity contribution in [1.29, 1.82) is 0 Å². The molecule has 2 rings (SSSR count). The summed E-state index contributed by atoms with van der Waals surface area (Å²) in [5.74, 6) is -0.297. The van der Waals surface area contributed by atoms with Gasteiger partial charge in [-0.1, -0.05) is 12.1 Å². The highest BCUT2D eigenvalue weighted by molar-refractivity contribution is 5.35. The second kappa shape index (κ2) is 5.58. The van der Waals surface area contributed by atoms with Crippen LogP contribution < -0.4 is 5.32 Å². The van der Waals surface area contributed by atoms with Gasteiger partial charge in [0.15, 0.2) is 0 Å². The first kappa shape index (κ1) is 12.5. The largest absolute Gasteiger partial charge is 0.370 e. The van der Waals surface area contributed by atoms with Crippen LogP contribution in [-0.2, 0) is 6.42 Å². The molecule has 94 valence electrons. The van der Waals surface area contributed by atoms with Gasteiger partial charge in [0.1, 0.15) is 17.5 Å². The highest BCUT2D eigenvalue weighted by Crippen LogP contribution is 2.13. The third-order valence-corrected chi connectivity index (χ3v) is 2.63. The molecule has 1 aromatic heterocycles. The van der Waals surface area contributed by atoms with Crippen LogP contribution in [0.25, 0.3) is 0 Å². The number of halogens is 2. The summed E-state index contributed by atoms with van der Waals surface area (Å²) in [5.41, 5.74) is 1.01. The van der Waals surface area contributed by atoms with Crippen LogP contribution in [0.5, 0.6) is 0 Å². The molecule has 2 aromatic rings. The van der Waals surface area contributed by atoms with Crippen molar-refractivity contribution in [2.75, 3.05) is 11.9 Å². The molecule has 1 heterocycles. The molecular weight excluding hydrogens is 234 g/mol. The van der Waals surface area contributed by atoms with Crippen molar-refractivity contribution in [1.82, 2.24) is 4.98 Å². The monoisotopic (exact) mass is 248 g/mol. The smallest absolute Gasteiger partial charge is 0.129 e. The highest BCUT2D eigenvalue weighted by Gasteiger charge is 2.07. The van der Waals surface area contributed by atoms with Gasteiger partial charge in [-0.3, -0.25) is 0 Å². The van der Waals surface area contributed by atoms with E-state index in [1.807, 2.05) is 25.1 Å². The van der Waals surface area contributed by atoms with Gasteiger partial charge in [0.05, 0.1) is 0 Å². The Morgan fingerprint density at radius 1 is 1.06 bits per heavy atom. The topological polar surface area (TPSA) is 24.9 Å². The summed E-state index contributed by atoms with van der Waals surface area (Å²) in [6.45, 7) is 2.33. The zero-order valence-electron chi connectivity index (χ0n) is 10.1. The number of hydrogen-bond acceptors (Lipinski definition) is 2. The van der Waals surface area contributed by atoms with Gasteiger partial charge in [-0.15, -0.1) is 0 Å². The molecule has 0 saturated heterocycles. The maximum Gasteiger partial charge on any atom is 0.129 e. The first-order valence-electron chi connectivity index (χ1n) is 5.77. The van der Waals surface area contributed by atoms with Crippen LogP contribution >= 0.6 is 0 Å². The summed E-state index contributed by atoms with van der Waals surface area (Å²) in [6.07, 6.45) is 0.286. The standard InChI is InChI=1S/C14H14F2N2/c1-10-4-2-7-14(18-10)17-9-8-11-12(15)5-3-6-13(11)16/h2-7H,8-9H2,1H3,(H,17,18). The molecule has 18 heavy (non-hydrogen) atoms. The molecule has 0 aliphatic rings. The van der Waals surface area contributed by atoms with E-state index >= 15 is 0 Å². The first-order chi connectivity index (χ1) is 8.66. The lowest BCUT2D eigenvalue weighted by Crippen LogP contribution is -2.09. The first-order valence-corrected chi connectivity index (χ1v) is 5.77. The summed E-state index contributed by atoms with van der Waals surface area (Å²) in [6, 6.07) is 9.50. The number of nitrogens with zero attached hydrogens (tertiary/aromatic N) is 1. The lowest BCUT2D eigenvalue weighted by molar-refractivity contribution is 0.557. The number of hydrogen-bond donors (Lipinski definition) is 1. The molecule has 0 atom stereocenters. The zero-order chi connectivity index (χ0) is 13.0. The molecule has 0 aliphatic heterocycles. The fraction of sp³-hybridized carbons (Fsp3) is 0.214. The minimum atomic E-state index is -0.506. The van der Waals surface area contributed by atoms with Crippen molar-refractivity contribution < 1.29 is 8.78 Å². The maximum absolute atomic E-state index is 13.4. The minimum Gasteiger partial charge on any atom is -0.370 e. The molecule has 1 aromatic carbocycles.